The van der Waals surface area contributed by atoms with Gasteiger partial charge in [-0.1, -0.05) is 43.2 Å². The summed E-state index contributed by atoms with van der Waals surface area (Å²) in [6.45, 7) is 10.9. The van der Waals surface area contributed by atoms with Gasteiger partial charge in [-0.2, -0.15) is 0 Å². The summed E-state index contributed by atoms with van der Waals surface area (Å²) in [5.74, 6) is 1.15. The number of hydrogen-bond acceptors (Lipinski definition) is 3. The molecule has 0 radical (unpaired) electrons. The molecule has 2 N–H and O–H groups in total. The SMILES string of the molecule is CCNC(=NCC1(NC(C)c2ccccc2)CCCC1)N1CCN(C(C)=O)CC1. The van der Waals surface area contributed by atoms with Crippen molar-refractivity contribution in [3.05, 3.63) is 35.9 Å². The third-order valence-electron chi connectivity index (χ3n) is 6.27. The van der Waals surface area contributed by atoms with Crippen molar-refractivity contribution in [2.45, 2.75) is 58.0 Å². The number of piperazine rings is 1. The van der Waals surface area contributed by atoms with E-state index in [-0.39, 0.29) is 11.4 Å². The fourth-order valence-corrected chi connectivity index (χ4v) is 4.57. The van der Waals surface area contributed by atoms with Crippen molar-refractivity contribution in [1.29, 1.82) is 0 Å². The molecule has 1 atom stereocenters. The Labute approximate surface area is 175 Å². The van der Waals surface area contributed by atoms with E-state index in [0.29, 0.717) is 6.04 Å². The summed E-state index contributed by atoms with van der Waals surface area (Å²) in [7, 11) is 0. The summed E-state index contributed by atoms with van der Waals surface area (Å²) in [5.41, 5.74) is 1.40. The van der Waals surface area contributed by atoms with Crippen molar-refractivity contribution in [2.24, 2.45) is 4.99 Å². The second kappa shape index (κ2) is 10.1. The van der Waals surface area contributed by atoms with Gasteiger partial charge in [0.1, 0.15) is 0 Å². The molecular formula is C23H37N5O. The zero-order chi connectivity index (χ0) is 20.7. The fourth-order valence-electron chi connectivity index (χ4n) is 4.57. The van der Waals surface area contributed by atoms with Crippen LogP contribution >= 0.6 is 0 Å². The lowest BCUT2D eigenvalue weighted by molar-refractivity contribution is -0.130. The Hall–Kier alpha value is -2.08. The molecule has 1 aliphatic heterocycles. The van der Waals surface area contributed by atoms with E-state index in [4.69, 9.17) is 4.99 Å². The number of carbonyl (C=O) groups is 1. The highest BCUT2D eigenvalue weighted by Gasteiger charge is 2.35. The topological polar surface area (TPSA) is 60.0 Å². The van der Waals surface area contributed by atoms with Gasteiger partial charge >= 0.3 is 0 Å². The first-order valence-corrected chi connectivity index (χ1v) is 11.1. The fraction of sp³-hybridized carbons (Fsp3) is 0.652. The van der Waals surface area contributed by atoms with Gasteiger partial charge in [-0.25, -0.2) is 0 Å². The summed E-state index contributed by atoms with van der Waals surface area (Å²) < 4.78 is 0. The number of hydrogen-bond donors (Lipinski definition) is 2. The number of rotatable bonds is 6. The standard InChI is InChI=1S/C23H37N5O/c1-4-24-22(28-16-14-27(15-17-28)20(3)29)25-18-23(12-8-9-13-23)26-19(2)21-10-6-5-7-11-21/h5-7,10-11,19,26H,4,8-9,12-18H2,1-3H3,(H,24,25). The molecule has 1 aromatic rings. The maximum absolute atomic E-state index is 11.6. The first-order chi connectivity index (χ1) is 14.0. The van der Waals surface area contributed by atoms with Crippen LogP contribution < -0.4 is 10.6 Å². The number of carbonyl (C=O) groups excluding carboxylic acids is 1. The van der Waals surface area contributed by atoms with Crippen LogP contribution in [0.15, 0.2) is 35.3 Å². The van der Waals surface area contributed by atoms with Crippen LogP contribution in [0.5, 0.6) is 0 Å². The summed E-state index contributed by atoms with van der Waals surface area (Å²) in [6.07, 6.45) is 4.87. The monoisotopic (exact) mass is 399 g/mol. The van der Waals surface area contributed by atoms with E-state index in [9.17, 15) is 4.79 Å². The highest BCUT2D eigenvalue weighted by atomic mass is 16.2. The van der Waals surface area contributed by atoms with Crippen molar-refractivity contribution < 1.29 is 4.79 Å². The summed E-state index contributed by atoms with van der Waals surface area (Å²) >= 11 is 0. The van der Waals surface area contributed by atoms with Crippen molar-refractivity contribution in [2.75, 3.05) is 39.3 Å². The second-order valence-electron chi connectivity index (χ2n) is 8.43. The Kier molecular flexibility index (Phi) is 7.53. The molecule has 1 unspecified atom stereocenters. The maximum Gasteiger partial charge on any atom is 0.219 e. The third kappa shape index (κ3) is 5.72. The minimum absolute atomic E-state index is 0.0666. The molecule has 1 aliphatic carbocycles. The van der Waals surface area contributed by atoms with E-state index in [1.807, 2.05) is 4.90 Å². The molecule has 160 valence electrons. The average molecular weight is 400 g/mol. The molecule has 1 saturated heterocycles. The molecular weight excluding hydrogens is 362 g/mol. The van der Waals surface area contributed by atoms with Crippen molar-refractivity contribution in [3.63, 3.8) is 0 Å². The van der Waals surface area contributed by atoms with Crippen LogP contribution in [0.25, 0.3) is 0 Å². The number of nitrogens with one attached hydrogen (secondary N) is 2. The molecule has 0 aromatic heterocycles. The molecule has 0 bridgehead atoms. The minimum Gasteiger partial charge on any atom is -0.357 e. The average Bonchev–Trinajstić information content (AvgIpc) is 3.20. The van der Waals surface area contributed by atoms with Crippen molar-refractivity contribution >= 4 is 11.9 Å². The Morgan fingerprint density at radius 3 is 2.31 bits per heavy atom. The number of amides is 1. The van der Waals surface area contributed by atoms with Crippen LogP contribution in [0.2, 0.25) is 0 Å². The lowest BCUT2D eigenvalue weighted by atomic mass is 9.95. The Morgan fingerprint density at radius 2 is 1.72 bits per heavy atom. The van der Waals surface area contributed by atoms with Gasteiger partial charge in [0.15, 0.2) is 5.96 Å². The molecule has 6 nitrogen and oxygen atoms in total. The first kappa shape index (κ1) is 21.6. The molecule has 6 heteroatoms. The second-order valence-corrected chi connectivity index (χ2v) is 8.43. The molecule has 0 spiro atoms. The highest BCUT2D eigenvalue weighted by molar-refractivity contribution is 5.80. The third-order valence-corrected chi connectivity index (χ3v) is 6.27. The van der Waals surface area contributed by atoms with E-state index in [0.717, 1.165) is 45.2 Å². The lowest BCUT2D eigenvalue weighted by Crippen LogP contribution is -2.54. The van der Waals surface area contributed by atoms with Crippen LogP contribution in [0.4, 0.5) is 0 Å². The van der Waals surface area contributed by atoms with Gasteiger partial charge in [-0.05, 0) is 32.3 Å². The van der Waals surface area contributed by atoms with Gasteiger partial charge in [-0.15, -0.1) is 0 Å². The minimum atomic E-state index is 0.0666. The zero-order valence-corrected chi connectivity index (χ0v) is 18.3. The Morgan fingerprint density at radius 1 is 1.10 bits per heavy atom. The van der Waals surface area contributed by atoms with Gasteiger partial charge in [0, 0.05) is 51.2 Å². The summed E-state index contributed by atoms with van der Waals surface area (Å²) in [6, 6.07) is 11.0. The van der Waals surface area contributed by atoms with Gasteiger partial charge in [0.2, 0.25) is 5.91 Å². The van der Waals surface area contributed by atoms with Crippen LogP contribution in [0.3, 0.4) is 0 Å². The lowest BCUT2D eigenvalue weighted by Gasteiger charge is -2.37. The maximum atomic E-state index is 11.6. The van der Waals surface area contributed by atoms with Crippen molar-refractivity contribution in [1.82, 2.24) is 20.4 Å². The number of nitrogens with zero attached hydrogens (tertiary/aromatic N) is 3. The van der Waals surface area contributed by atoms with E-state index in [2.05, 4.69) is 59.7 Å². The molecule has 1 heterocycles. The molecule has 3 rings (SSSR count). The highest BCUT2D eigenvalue weighted by Crippen LogP contribution is 2.32. The van der Waals surface area contributed by atoms with Gasteiger partial charge in [-0.3, -0.25) is 9.79 Å². The predicted molar refractivity (Wildman–Crippen MR) is 119 cm³/mol. The van der Waals surface area contributed by atoms with E-state index >= 15 is 0 Å². The zero-order valence-electron chi connectivity index (χ0n) is 18.3. The number of aliphatic imine (C=N–C) groups is 1. The van der Waals surface area contributed by atoms with Gasteiger partial charge in [0.05, 0.1) is 6.54 Å². The van der Waals surface area contributed by atoms with E-state index < -0.39 is 0 Å². The number of benzene rings is 1. The van der Waals surface area contributed by atoms with E-state index in [1.165, 1.54) is 31.2 Å². The Balaban J connectivity index is 1.67. The summed E-state index contributed by atoms with van der Waals surface area (Å²) in [4.78, 5) is 20.9. The first-order valence-electron chi connectivity index (χ1n) is 11.1. The van der Waals surface area contributed by atoms with Gasteiger partial charge < -0.3 is 20.4 Å². The van der Waals surface area contributed by atoms with Crippen LogP contribution in [-0.2, 0) is 4.79 Å². The van der Waals surface area contributed by atoms with Crippen LogP contribution in [-0.4, -0.2) is 66.5 Å². The van der Waals surface area contributed by atoms with Crippen LogP contribution in [0.1, 0.15) is 58.1 Å². The molecule has 2 aliphatic rings. The van der Waals surface area contributed by atoms with Gasteiger partial charge in [0.25, 0.3) is 0 Å². The molecule has 2 fully saturated rings. The predicted octanol–water partition coefficient (Wildman–Crippen LogP) is 2.78. The van der Waals surface area contributed by atoms with E-state index in [1.54, 1.807) is 6.92 Å². The molecule has 1 aromatic carbocycles. The smallest absolute Gasteiger partial charge is 0.219 e. The van der Waals surface area contributed by atoms with Crippen LogP contribution in [0, 0.1) is 0 Å². The molecule has 29 heavy (non-hydrogen) atoms. The Bertz CT molecular complexity index is 676. The summed E-state index contributed by atoms with van der Waals surface area (Å²) in [5, 5.41) is 7.39. The quantitative estimate of drug-likeness (QED) is 0.570. The largest absolute Gasteiger partial charge is 0.357 e. The van der Waals surface area contributed by atoms with Crippen molar-refractivity contribution in [3.8, 4) is 0 Å². The molecule has 1 amide bonds. The normalized spacial score (nSPS) is 20.6. The molecule has 1 saturated carbocycles. The number of guanidine groups is 1.